The summed E-state index contributed by atoms with van der Waals surface area (Å²) in [5, 5.41) is 12.3. The van der Waals surface area contributed by atoms with Gasteiger partial charge in [-0.05, 0) is 43.7 Å². The van der Waals surface area contributed by atoms with Crippen LogP contribution in [0.25, 0.3) is 0 Å². The Hall–Kier alpha value is -2.24. The number of benzene rings is 1. The van der Waals surface area contributed by atoms with Gasteiger partial charge in [0.2, 0.25) is 6.41 Å². The third kappa shape index (κ3) is 4.37. The fourth-order valence-corrected chi connectivity index (χ4v) is 3.25. The van der Waals surface area contributed by atoms with E-state index in [1.807, 2.05) is 11.9 Å². The van der Waals surface area contributed by atoms with Crippen molar-refractivity contribution in [3.63, 3.8) is 0 Å². The van der Waals surface area contributed by atoms with Crippen LogP contribution in [0, 0.1) is 11.8 Å². The Morgan fingerprint density at radius 2 is 2.09 bits per heavy atom. The zero-order valence-electron chi connectivity index (χ0n) is 13.6. The Kier molecular flexibility index (Phi) is 5.84. The highest BCUT2D eigenvalue weighted by atomic mass is 16.5. The molecule has 2 N–H and O–H groups in total. The van der Waals surface area contributed by atoms with Crippen LogP contribution in [0.3, 0.4) is 0 Å². The first-order chi connectivity index (χ1) is 11.0. The second-order valence-electron chi connectivity index (χ2n) is 6.08. The first-order valence-electron chi connectivity index (χ1n) is 7.87. The van der Waals surface area contributed by atoms with Gasteiger partial charge in [-0.2, -0.15) is 0 Å². The molecule has 1 amide bonds. The molecule has 1 aromatic rings. The maximum Gasteiger partial charge on any atom is 0.308 e. The molecule has 126 valence electrons. The van der Waals surface area contributed by atoms with Gasteiger partial charge >= 0.3 is 5.97 Å². The Labute approximate surface area is 136 Å². The van der Waals surface area contributed by atoms with E-state index in [1.54, 1.807) is 18.2 Å². The molecular weight excluding hydrogens is 296 g/mol. The maximum absolute atomic E-state index is 11.6. The molecule has 0 aliphatic heterocycles. The van der Waals surface area contributed by atoms with E-state index in [4.69, 9.17) is 4.74 Å². The SMILES string of the molecule is COC(=O)C1CCC(CN(C)c2cc(O)ccc2NC=O)CC1. The number of anilines is 2. The van der Waals surface area contributed by atoms with Crippen molar-refractivity contribution < 1.29 is 19.4 Å². The minimum Gasteiger partial charge on any atom is -0.508 e. The third-order valence-electron chi connectivity index (χ3n) is 4.52. The number of nitrogens with one attached hydrogen (secondary N) is 1. The first kappa shape index (κ1) is 17.1. The topological polar surface area (TPSA) is 78.9 Å². The van der Waals surface area contributed by atoms with Crippen molar-refractivity contribution >= 4 is 23.8 Å². The van der Waals surface area contributed by atoms with E-state index in [0.29, 0.717) is 18.0 Å². The fourth-order valence-electron chi connectivity index (χ4n) is 3.25. The van der Waals surface area contributed by atoms with E-state index in [-0.39, 0.29) is 17.6 Å². The number of amides is 1. The number of phenols is 1. The molecule has 1 aromatic carbocycles. The number of esters is 1. The predicted molar refractivity (Wildman–Crippen MR) is 88.5 cm³/mol. The molecule has 0 saturated heterocycles. The lowest BCUT2D eigenvalue weighted by molar-refractivity contribution is -0.146. The van der Waals surface area contributed by atoms with Crippen molar-refractivity contribution in [2.75, 3.05) is 30.9 Å². The van der Waals surface area contributed by atoms with Crippen molar-refractivity contribution in [3.05, 3.63) is 18.2 Å². The Morgan fingerprint density at radius 3 is 2.70 bits per heavy atom. The largest absolute Gasteiger partial charge is 0.508 e. The van der Waals surface area contributed by atoms with Crippen LogP contribution in [0.2, 0.25) is 0 Å². The smallest absolute Gasteiger partial charge is 0.308 e. The van der Waals surface area contributed by atoms with Gasteiger partial charge in [0.25, 0.3) is 0 Å². The van der Waals surface area contributed by atoms with Crippen molar-refractivity contribution in [1.29, 1.82) is 0 Å². The van der Waals surface area contributed by atoms with Crippen LogP contribution in [0.5, 0.6) is 5.75 Å². The number of methoxy groups -OCH3 is 1. The number of carbonyl (C=O) groups excluding carboxylic acids is 2. The lowest BCUT2D eigenvalue weighted by Gasteiger charge is -2.31. The molecule has 0 radical (unpaired) electrons. The van der Waals surface area contributed by atoms with Crippen LogP contribution in [0.4, 0.5) is 11.4 Å². The molecule has 0 atom stereocenters. The third-order valence-corrected chi connectivity index (χ3v) is 4.52. The number of hydrogen-bond acceptors (Lipinski definition) is 5. The minimum atomic E-state index is -0.109. The number of hydrogen-bond donors (Lipinski definition) is 2. The standard InChI is InChI=1S/C17H24N2O4/c1-19(16-9-14(21)7-8-15(16)18-11-20)10-12-3-5-13(6-4-12)17(22)23-2/h7-9,11-13,21H,3-6,10H2,1-2H3,(H,18,20). The van der Waals surface area contributed by atoms with Gasteiger partial charge < -0.3 is 20.1 Å². The molecule has 0 unspecified atom stereocenters. The summed E-state index contributed by atoms with van der Waals surface area (Å²) in [5.41, 5.74) is 1.45. The van der Waals surface area contributed by atoms with Gasteiger partial charge in [0.1, 0.15) is 5.75 Å². The summed E-state index contributed by atoms with van der Waals surface area (Å²) in [6, 6.07) is 4.88. The van der Waals surface area contributed by atoms with E-state index in [0.717, 1.165) is 37.9 Å². The number of ether oxygens (including phenoxy) is 1. The van der Waals surface area contributed by atoms with E-state index in [2.05, 4.69) is 5.32 Å². The average molecular weight is 320 g/mol. The molecular formula is C17H24N2O4. The van der Waals surface area contributed by atoms with Gasteiger partial charge in [-0.1, -0.05) is 0 Å². The van der Waals surface area contributed by atoms with Gasteiger partial charge in [0.05, 0.1) is 24.4 Å². The van der Waals surface area contributed by atoms with E-state index in [1.165, 1.54) is 7.11 Å². The summed E-state index contributed by atoms with van der Waals surface area (Å²) >= 11 is 0. The Morgan fingerprint density at radius 1 is 1.39 bits per heavy atom. The summed E-state index contributed by atoms with van der Waals surface area (Å²) in [6.07, 6.45) is 4.28. The molecule has 23 heavy (non-hydrogen) atoms. The second kappa shape index (κ2) is 7.85. The summed E-state index contributed by atoms with van der Waals surface area (Å²) in [4.78, 5) is 24.3. The molecule has 6 heteroatoms. The molecule has 0 bridgehead atoms. The molecule has 1 aliphatic rings. The summed E-state index contributed by atoms with van der Waals surface area (Å²) in [7, 11) is 3.38. The highest BCUT2D eigenvalue weighted by molar-refractivity contribution is 5.82. The maximum atomic E-state index is 11.6. The van der Waals surface area contributed by atoms with E-state index >= 15 is 0 Å². The monoisotopic (exact) mass is 320 g/mol. The Balaban J connectivity index is 1.97. The Bertz CT molecular complexity index is 554. The van der Waals surface area contributed by atoms with Crippen LogP contribution in [0.15, 0.2) is 18.2 Å². The van der Waals surface area contributed by atoms with Gasteiger partial charge in [0.15, 0.2) is 0 Å². The van der Waals surface area contributed by atoms with Crippen LogP contribution in [-0.4, -0.2) is 38.2 Å². The number of phenolic OH excluding ortho intramolecular Hbond substituents is 1. The van der Waals surface area contributed by atoms with Gasteiger partial charge in [-0.3, -0.25) is 9.59 Å². The van der Waals surface area contributed by atoms with E-state index in [9.17, 15) is 14.7 Å². The number of rotatable bonds is 6. The van der Waals surface area contributed by atoms with Crippen LogP contribution >= 0.6 is 0 Å². The van der Waals surface area contributed by atoms with Crippen molar-refractivity contribution in [1.82, 2.24) is 0 Å². The number of carbonyl (C=O) groups is 2. The lowest BCUT2D eigenvalue weighted by Crippen LogP contribution is -2.31. The van der Waals surface area contributed by atoms with Gasteiger partial charge in [0, 0.05) is 19.7 Å². The van der Waals surface area contributed by atoms with Crippen LogP contribution in [-0.2, 0) is 14.3 Å². The normalized spacial score (nSPS) is 20.6. The first-order valence-corrected chi connectivity index (χ1v) is 7.87. The quantitative estimate of drug-likeness (QED) is 0.478. The van der Waals surface area contributed by atoms with Gasteiger partial charge in [-0.15, -0.1) is 0 Å². The fraction of sp³-hybridized carbons (Fsp3) is 0.529. The lowest BCUT2D eigenvalue weighted by atomic mass is 9.82. The predicted octanol–water partition coefficient (Wildman–Crippen LogP) is 2.38. The molecule has 0 spiro atoms. The molecule has 6 nitrogen and oxygen atoms in total. The van der Waals surface area contributed by atoms with E-state index < -0.39 is 0 Å². The van der Waals surface area contributed by atoms with Crippen LogP contribution in [0.1, 0.15) is 25.7 Å². The number of nitrogens with zero attached hydrogens (tertiary/aromatic N) is 1. The molecule has 1 saturated carbocycles. The summed E-state index contributed by atoms with van der Waals surface area (Å²) in [5.74, 6) is 0.557. The average Bonchev–Trinajstić information content (AvgIpc) is 2.56. The van der Waals surface area contributed by atoms with Crippen molar-refractivity contribution in [2.24, 2.45) is 11.8 Å². The van der Waals surface area contributed by atoms with Gasteiger partial charge in [-0.25, -0.2) is 0 Å². The molecule has 1 fully saturated rings. The molecule has 2 rings (SSSR count). The highest BCUT2D eigenvalue weighted by Gasteiger charge is 2.27. The van der Waals surface area contributed by atoms with Crippen molar-refractivity contribution in [2.45, 2.75) is 25.7 Å². The summed E-state index contributed by atoms with van der Waals surface area (Å²) in [6.45, 7) is 0.810. The summed E-state index contributed by atoms with van der Waals surface area (Å²) < 4.78 is 4.81. The molecule has 0 heterocycles. The highest BCUT2D eigenvalue weighted by Crippen LogP contribution is 2.33. The zero-order valence-corrected chi connectivity index (χ0v) is 13.6. The van der Waals surface area contributed by atoms with Crippen LogP contribution < -0.4 is 10.2 Å². The minimum absolute atomic E-state index is 0.0228. The second-order valence-corrected chi connectivity index (χ2v) is 6.08. The molecule has 0 aromatic heterocycles. The zero-order chi connectivity index (χ0) is 16.8. The number of aromatic hydroxyl groups is 1. The van der Waals surface area contributed by atoms with Crippen molar-refractivity contribution in [3.8, 4) is 5.75 Å². The molecule has 1 aliphatic carbocycles.